The zero-order valence-electron chi connectivity index (χ0n) is 11.7. The topological polar surface area (TPSA) is 26.0 Å². The summed E-state index contributed by atoms with van der Waals surface area (Å²) in [5, 5.41) is 3.02. The Kier molecular flexibility index (Phi) is 3.21. The van der Waals surface area contributed by atoms with E-state index in [1.807, 2.05) is 11.8 Å². The molecule has 1 nitrogen and oxygen atoms in total. The maximum Gasteiger partial charge on any atom is 0.0425 e. The average molecular weight is 291 g/mol. The lowest BCUT2D eigenvalue weighted by Gasteiger charge is -2.16. The Morgan fingerprint density at radius 1 is 0.857 bits per heavy atom. The minimum absolute atomic E-state index is 0.137. The molecule has 0 fully saturated rings. The average Bonchev–Trinajstić information content (AvgIpc) is 2.84. The quantitative estimate of drug-likeness (QED) is 0.749. The van der Waals surface area contributed by atoms with Gasteiger partial charge in [0.1, 0.15) is 0 Å². The van der Waals surface area contributed by atoms with Gasteiger partial charge in [0, 0.05) is 16.2 Å². The van der Waals surface area contributed by atoms with E-state index in [-0.39, 0.29) is 6.04 Å². The standard InChI is InChI=1S/C19H17NS/c20-19-17-8-4-3-7-15(17)12-18(19)21-16-10-9-13-5-1-2-6-14(13)11-16/h1-11,18-19H,12,20H2. The fourth-order valence-electron chi connectivity index (χ4n) is 3.12. The van der Waals surface area contributed by atoms with Crippen LogP contribution in [0.3, 0.4) is 0 Å². The molecule has 0 aliphatic heterocycles. The van der Waals surface area contributed by atoms with Crippen LogP contribution in [0.25, 0.3) is 10.8 Å². The van der Waals surface area contributed by atoms with E-state index >= 15 is 0 Å². The van der Waals surface area contributed by atoms with Crippen LogP contribution in [0.4, 0.5) is 0 Å². The Morgan fingerprint density at radius 3 is 2.48 bits per heavy atom. The second-order valence-electron chi connectivity index (χ2n) is 5.59. The molecule has 1 aliphatic rings. The van der Waals surface area contributed by atoms with Gasteiger partial charge in [0.2, 0.25) is 0 Å². The SMILES string of the molecule is NC1c2ccccc2CC1Sc1ccc2ccccc2c1. The van der Waals surface area contributed by atoms with Crippen molar-refractivity contribution >= 4 is 22.5 Å². The van der Waals surface area contributed by atoms with Crippen molar-refractivity contribution in [2.45, 2.75) is 22.6 Å². The molecule has 0 bridgehead atoms. The van der Waals surface area contributed by atoms with E-state index in [2.05, 4.69) is 66.7 Å². The summed E-state index contributed by atoms with van der Waals surface area (Å²) in [4.78, 5) is 1.31. The first kappa shape index (κ1) is 12.9. The molecule has 104 valence electrons. The maximum atomic E-state index is 6.43. The van der Waals surface area contributed by atoms with Crippen molar-refractivity contribution in [1.29, 1.82) is 0 Å². The molecule has 2 unspecified atom stereocenters. The Hall–Kier alpha value is -1.77. The van der Waals surface area contributed by atoms with Crippen molar-refractivity contribution in [3.8, 4) is 0 Å². The molecule has 0 spiro atoms. The Labute approximate surface area is 129 Å². The van der Waals surface area contributed by atoms with E-state index in [1.165, 1.54) is 26.8 Å². The van der Waals surface area contributed by atoms with Gasteiger partial charge in [0.05, 0.1) is 0 Å². The van der Waals surface area contributed by atoms with Crippen LogP contribution in [-0.2, 0) is 6.42 Å². The maximum absolute atomic E-state index is 6.43. The van der Waals surface area contributed by atoms with Crippen LogP contribution in [-0.4, -0.2) is 5.25 Å². The van der Waals surface area contributed by atoms with Gasteiger partial charge in [0.15, 0.2) is 0 Å². The van der Waals surface area contributed by atoms with Crippen LogP contribution in [0.1, 0.15) is 17.2 Å². The van der Waals surface area contributed by atoms with Crippen molar-refractivity contribution in [2.24, 2.45) is 5.73 Å². The minimum atomic E-state index is 0.137. The van der Waals surface area contributed by atoms with E-state index < -0.39 is 0 Å². The number of benzene rings is 3. The van der Waals surface area contributed by atoms with Crippen molar-refractivity contribution in [3.63, 3.8) is 0 Å². The number of fused-ring (bicyclic) bond motifs is 2. The second-order valence-corrected chi connectivity index (χ2v) is 6.91. The summed E-state index contributed by atoms with van der Waals surface area (Å²) in [6.07, 6.45) is 1.06. The highest BCUT2D eigenvalue weighted by Gasteiger charge is 2.29. The molecule has 0 radical (unpaired) electrons. The Morgan fingerprint density at radius 2 is 1.62 bits per heavy atom. The summed E-state index contributed by atoms with van der Waals surface area (Å²) in [5.74, 6) is 0. The molecule has 1 aliphatic carbocycles. The molecule has 0 heterocycles. The molecule has 2 N–H and O–H groups in total. The Bertz CT molecular complexity index is 796. The van der Waals surface area contributed by atoms with E-state index in [0.717, 1.165) is 6.42 Å². The molecule has 0 aromatic heterocycles. The summed E-state index contributed by atoms with van der Waals surface area (Å²) in [6, 6.07) is 23.9. The fourth-order valence-corrected chi connectivity index (χ4v) is 4.37. The fraction of sp³-hybridized carbons (Fsp3) is 0.158. The van der Waals surface area contributed by atoms with Gasteiger partial charge in [-0.25, -0.2) is 0 Å². The molecule has 3 aromatic rings. The van der Waals surface area contributed by atoms with E-state index in [9.17, 15) is 0 Å². The van der Waals surface area contributed by atoms with Crippen LogP contribution in [0, 0.1) is 0 Å². The highest BCUT2D eigenvalue weighted by atomic mass is 32.2. The number of rotatable bonds is 2. The number of hydrogen-bond acceptors (Lipinski definition) is 2. The lowest BCUT2D eigenvalue weighted by Crippen LogP contribution is -2.18. The molecule has 0 saturated heterocycles. The largest absolute Gasteiger partial charge is 0.323 e. The van der Waals surface area contributed by atoms with Crippen molar-refractivity contribution in [2.75, 3.05) is 0 Å². The third kappa shape index (κ3) is 2.35. The van der Waals surface area contributed by atoms with E-state index in [0.29, 0.717) is 5.25 Å². The third-order valence-electron chi connectivity index (χ3n) is 4.24. The summed E-state index contributed by atoms with van der Waals surface area (Å²) >= 11 is 1.91. The van der Waals surface area contributed by atoms with Gasteiger partial charge in [-0.3, -0.25) is 0 Å². The smallest absolute Gasteiger partial charge is 0.0425 e. The van der Waals surface area contributed by atoms with Gasteiger partial charge in [-0.15, -0.1) is 11.8 Å². The molecule has 2 heteroatoms. The third-order valence-corrected chi connectivity index (χ3v) is 5.53. The van der Waals surface area contributed by atoms with Crippen LogP contribution < -0.4 is 5.73 Å². The van der Waals surface area contributed by atoms with Crippen molar-refractivity contribution < 1.29 is 0 Å². The van der Waals surface area contributed by atoms with Crippen LogP contribution in [0.2, 0.25) is 0 Å². The van der Waals surface area contributed by atoms with E-state index in [4.69, 9.17) is 5.73 Å². The molecular formula is C19H17NS. The molecule has 21 heavy (non-hydrogen) atoms. The zero-order chi connectivity index (χ0) is 14.2. The second kappa shape index (κ2) is 5.21. The van der Waals surface area contributed by atoms with Gasteiger partial charge in [-0.05, 0) is 40.5 Å². The summed E-state index contributed by atoms with van der Waals surface area (Å²) < 4.78 is 0. The molecule has 4 rings (SSSR count). The molecule has 2 atom stereocenters. The number of nitrogens with two attached hydrogens (primary N) is 1. The van der Waals surface area contributed by atoms with Crippen molar-refractivity contribution in [1.82, 2.24) is 0 Å². The van der Waals surface area contributed by atoms with Gasteiger partial charge >= 0.3 is 0 Å². The lowest BCUT2D eigenvalue weighted by atomic mass is 10.1. The first-order valence-electron chi connectivity index (χ1n) is 7.30. The molecule has 0 amide bonds. The number of hydrogen-bond donors (Lipinski definition) is 1. The predicted octanol–water partition coefficient (Wildman–Crippen LogP) is 4.56. The zero-order valence-corrected chi connectivity index (χ0v) is 12.5. The molecule has 0 saturated carbocycles. The summed E-state index contributed by atoms with van der Waals surface area (Å²) in [7, 11) is 0. The summed E-state index contributed by atoms with van der Waals surface area (Å²) in [5.41, 5.74) is 9.15. The van der Waals surface area contributed by atoms with Crippen molar-refractivity contribution in [3.05, 3.63) is 77.9 Å². The monoisotopic (exact) mass is 291 g/mol. The number of thioether (sulfide) groups is 1. The van der Waals surface area contributed by atoms with Crippen LogP contribution >= 0.6 is 11.8 Å². The first-order chi connectivity index (χ1) is 10.3. The normalized spacial score (nSPS) is 20.6. The minimum Gasteiger partial charge on any atom is -0.323 e. The Balaban J connectivity index is 1.61. The van der Waals surface area contributed by atoms with Gasteiger partial charge < -0.3 is 5.73 Å². The molecular weight excluding hydrogens is 274 g/mol. The highest BCUT2D eigenvalue weighted by molar-refractivity contribution is 8.00. The van der Waals surface area contributed by atoms with Crippen LogP contribution in [0.15, 0.2) is 71.6 Å². The van der Waals surface area contributed by atoms with Gasteiger partial charge in [0.25, 0.3) is 0 Å². The first-order valence-corrected chi connectivity index (χ1v) is 8.18. The summed E-state index contributed by atoms with van der Waals surface area (Å²) in [6.45, 7) is 0. The molecule has 3 aromatic carbocycles. The van der Waals surface area contributed by atoms with Gasteiger partial charge in [-0.2, -0.15) is 0 Å². The van der Waals surface area contributed by atoms with Crippen LogP contribution in [0.5, 0.6) is 0 Å². The lowest BCUT2D eigenvalue weighted by molar-refractivity contribution is 0.731. The predicted molar refractivity (Wildman–Crippen MR) is 90.7 cm³/mol. The van der Waals surface area contributed by atoms with Gasteiger partial charge in [-0.1, -0.05) is 54.6 Å². The highest BCUT2D eigenvalue weighted by Crippen LogP contribution is 2.40. The van der Waals surface area contributed by atoms with E-state index in [1.54, 1.807) is 0 Å².